The highest BCUT2D eigenvalue weighted by molar-refractivity contribution is 6.30. The molecule has 0 aliphatic heterocycles. The number of alkyl halides is 3. The van der Waals surface area contributed by atoms with Crippen molar-refractivity contribution in [1.29, 1.82) is 0 Å². The minimum atomic E-state index is -4.66. The van der Waals surface area contributed by atoms with Gasteiger partial charge in [0.05, 0.1) is 17.9 Å². The number of hydrogen-bond donors (Lipinski definition) is 2. The van der Waals surface area contributed by atoms with Crippen LogP contribution in [-0.2, 0) is 15.7 Å². The molecule has 0 heterocycles. The number of amides is 2. The van der Waals surface area contributed by atoms with Crippen molar-refractivity contribution in [3.63, 3.8) is 0 Å². The first kappa shape index (κ1) is 17.1. The largest absolute Gasteiger partial charge is 0.450 e. The summed E-state index contributed by atoms with van der Waals surface area (Å²) in [5.41, 5.74) is -1.51. The molecule has 0 aliphatic carbocycles. The number of alkyl carbamates (subject to hydrolysis) is 1. The van der Waals surface area contributed by atoms with Crippen LogP contribution in [0.5, 0.6) is 0 Å². The zero-order chi connectivity index (χ0) is 16.0. The van der Waals surface area contributed by atoms with E-state index in [2.05, 4.69) is 15.4 Å². The summed E-state index contributed by atoms with van der Waals surface area (Å²) in [5.74, 6) is -0.823. The predicted molar refractivity (Wildman–Crippen MR) is 70.1 cm³/mol. The van der Waals surface area contributed by atoms with Crippen molar-refractivity contribution < 1.29 is 27.5 Å². The zero-order valence-electron chi connectivity index (χ0n) is 10.9. The molecule has 0 bridgehead atoms. The van der Waals surface area contributed by atoms with Crippen LogP contribution in [0.4, 0.5) is 23.7 Å². The molecule has 0 saturated heterocycles. The van der Waals surface area contributed by atoms with Crippen LogP contribution in [-0.4, -0.2) is 25.2 Å². The lowest BCUT2D eigenvalue weighted by Gasteiger charge is -2.14. The van der Waals surface area contributed by atoms with Crippen LogP contribution in [0.25, 0.3) is 0 Å². The Labute approximate surface area is 123 Å². The molecule has 0 aromatic heterocycles. The van der Waals surface area contributed by atoms with Gasteiger partial charge in [0.1, 0.15) is 6.54 Å². The number of carbonyl (C=O) groups is 2. The first-order valence-corrected chi connectivity index (χ1v) is 6.19. The molecule has 0 aliphatic rings. The first-order valence-electron chi connectivity index (χ1n) is 5.81. The fraction of sp³-hybridized carbons (Fsp3) is 0.333. The van der Waals surface area contributed by atoms with Gasteiger partial charge in [0.2, 0.25) is 5.91 Å². The second-order valence-electron chi connectivity index (χ2n) is 3.81. The zero-order valence-corrected chi connectivity index (χ0v) is 11.6. The van der Waals surface area contributed by atoms with Crippen molar-refractivity contribution in [2.75, 3.05) is 18.5 Å². The second-order valence-corrected chi connectivity index (χ2v) is 4.25. The van der Waals surface area contributed by atoms with Crippen LogP contribution in [0.1, 0.15) is 12.5 Å². The van der Waals surface area contributed by atoms with E-state index in [1.54, 1.807) is 6.92 Å². The molecular weight excluding hydrogens is 313 g/mol. The topological polar surface area (TPSA) is 67.4 Å². The highest BCUT2D eigenvalue weighted by atomic mass is 35.5. The monoisotopic (exact) mass is 324 g/mol. The quantitative estimate of drug-likeness (QED) is 0.894. The normalized spacial score (nSPS) is 10.9. The summed E-state index contributed by atoms with van der Waals surface area (Å²) < 4.78 is 42.9. The molecule has 0 atom stereocenters. The summed E-state index contributed by atoms with van der Waals surface area (Å²) in [5, 5.41) is 4.04. The molecular formula is C12H12ClF3N2O3. The summed E-state index contributed by atoms with van der Waals surface area (Å²) in [4.78, 5) is 22.5. The van der Waals surface area contributed by atoms with Gasteiger partial charge in [0.25, 0.3) is 0 Å². The lowest BCUT2D eigenvalue weighted by Crippen LogP contribution is -2.33. The van der Waals surface area contributed by atoms with Gasteiger partial charge in [0.15, 0.2) is 0 Å². The van der Waals surface area contributed by atoms with E-state index in [4.69, 9.17) is 11.6 Å². The third-order valence-electron chi connectivity index (χ3n) is 2.23. The summed E-state index contributed by atoms with van der Waals surface area (Å²) in [6.45, 7) is 1.17. The van der Waals surface area contributed by atoms with Crippen molar-refractivity contribution >= 4 is 29.3 Å². The van der Waals surface area contributed by atoms with E-state index in [9.17, 15) is 22.8 Å². The predicted octanol–water partition coefficient (Wildman–Crippen LogP) is 3.04. The molecule has 0 saturated carbocycles. The summed E-state index contributed by atoms with van der Waals surface area (Å²) in [6, 6.07) is 2.95. The molecule has 0 unspecified atom stereocenters. The highest BCUT2D eigenvalue weighted by Gasteiger charge is 2.34. The molecule has 1 aromatic rings. The third-order valence-corrected chi connectivity index (χ3v) is 2.46. The average molecular weight is 325 g/mol. The maximum absolute atomic E-state index is 12.8. The van der Waals surface area contributed by atoms with Gasteiger partial charge in [0, 0.05) is 5.02 Å². The van der Waals surface area contributed by atoms with Crippen LogP contribution in [0.2, 0.25) is 5.02 Å². The van der Waals surface area contributed by atoms with Gasteiger partial charge < -0.3 is 15.4 Å². The molecule has 116 valence electrons. The number of nitrogens with one attached hydrogen (secondary N) is 2. The summed E-state index contributed by atoms with van der Waals surface area (Å²) >= 11 is 5.51. The van der Waals surface area contributed by atoms with Gasteiger partial charge in [-0.1, -0.05) is 11.6 Å². The van der Waals surface area contributed by atoms with Gasteiger partial charge in [-0.3, -0.25) is 4.79 Å². The number of ether oxygens (including phenoxy) is 1. The number of carbonyl (C=O) groups excluding carboxylic acids is 2. The minimum Gasteiger partial charge on any atom is -0.450 e. The number of benzene rings is 1. The van der Waals surface area contributed by atoms with Crippen molar-refractivity contribution in [1.82, 2.24) is 5.32 Å². The Hall–Kier alpha value is -1.96. The maximum atomic E-state index is 12.8. The van der Waals surface area contributed by atoms with Crippen LogP contribution >= 0.6 is 11.6 Å². The minimum absolute atomic E-state index is 0.107. The van der Waals surface area contributed by atoms with E-state index in [0.717, 1.165) is 6.07 Å². The number of halogens is 4. The SMILES string of the molecule is CCOC(=O)NCC(=O)Nc1ccc(Cl)cc1C(F)(F)F. The molecule has 9 heteroatoms. The molecule has 0 fully saturated rings. The number of rotatable bonds is 4. The highest BCUT2D eigenvalue weighted by Crippen LogP contribution is 2.36. The molecule has 0 spiro atoms. The van der Waals surface area contributed by atoms with E-state index in [1.807, 2.05) is 0 Å². The average Bonchev–Trinajstić information content (AvgIpc) is 2.38. The van der Waals surface area contributed by atoms with E-state index in [0.29, 0.717) is 6.07 Å². The van der Waals surface area contributed by atoms with Crippen molar-refractivity contribution in [2.24, 2.45) is 0 Å². The Kier molecular flexibility index (Phi) is 5.83. The molecule has 1 aromatic carbocycles. The van der Waals surface area contributed by atoms with E-state index in [1.165, 1.54) is 6.07 Å². The summed E-state index contributed by atoms with van der Waals surface area (Å²) in [7, 11) is 0. The second kappa shape index (κ2) is 7.16. The molecule has 1 rings (SSSR count). The van der Waals surface area contributed by atoms with Gasteiger partial charge in [-0.25, -0.2) is 4.79 Å². The number of anilines is 1. The molecule has 2 amide bonds. The summed E-state index contributed by atoms with van der Waals surface area (Å²) in [6.07, 6.45) is -5.50. The standard InChI is InChI=1S/C12H12ClF3N2O3/c1-2-21-11(20)17-6-10(19)18-9-4-3-7(13)5-8(9)12(14,15)16/h3-5H,2,6H2,1H3,(H,17,20)(H,18,19). The van der Waals surface area contributed by atoms with Crippen LogP contribution < -0.4 is 10.6 Å². The van der Waals surface area contributed by atoms with Gasteiger partial charge in [-0.2, -0.15) is 13.2 Å². The molecule has 0 radical (unpaired) electrons. The maximum Gasteiger partial charge on any atom is 0.418 e. The fourth-order valence-corrected chi connectivity index (χ4v) is 1.56. The Morgan fingerprint density at radius 1 is 1.33 bits per heavy atom. The van der Waals surface area contributed by atoms with E-state index < -0.39 is 36.0 Å². The first-order chi connectivity index (χ1) is 9.74. The Bertz CT molecular complexity index is 535. The van der Waals surface area contributed by atoms with E-state index >= 15 is 0 Å². The lowest BCUT2D eigenvalue weighted by molar-refractivity contribution is -0.137. The number of hydrogen-bond acceptors (Lipinski definition) is 3. The van der Waals surface area contributed by atoms with Gasteiger partial charge >= 0.3 is 12.3 Å². The van der Waals surface area contributed by atoms with Crippen LogP contribution in [0, 0.1) is 0 Å². The van der Waals surface area contributed by atoms with Gasteiger partial charge in [-0.05, 0) is 25.1 Å². The smallest absolute Gasteiger partial charge is 0.418 e. The lowest BCUT2D eigenvalue weighted by atomic mass is 10.1. The van der Waals surface area contributed by atoms with Crippen molar-refractivity contribution in [3.05, 3.63) is 28.8 Å². The Morgan fingerprint density at radius 3 is 2.57 bits per heavy atom. The van der Waals surface area contributed by atoms with Crippen LogP contribution in [0.3, 0.4) is 0 Å². The molecule has 21 heavy (non-hydrogen) atoms. The Balaban J connectivity index is 2.74. The Morgan fingerprint density at radius 2 is 2.00 bits per heavy atom. The van der Waals surface area contributed by atoms with Gasteiger partial charge in [-0.15, -0.1) is 0 Å². The van der Waals surface area contributed by atoms with Crippen molar-refractivity contribution in [3.8, 4) is 0 Å². The molecule has 2 N–H and O–H groups in total. The van der Waals surface area contributed by atoms with Crippen molar-refractivity contribution in [2.45, 2.75) is 13.1 Å². The van der Waals surface area contributed by atoms with E-state index in [-0.39, 0.29) is 11.6 Å². The fourth-order valence-electron chi connectivity index (χ4n) is 1.39. The van der Waals surface area contributed by atoms with Crippen LogP contribution in [0.15, 0.2) is 18.2 Å². The molecule has 5 nitrogen and oxygen atoms in total. The third kappa shape index (κ3) is 5.50.